The van der Waals surface area contributed by atoms with Gasteiger partial charge in [0.1, 0.15) is 17.4 Å². The summed E-state index contributed by atoms with van der Waals surface area (Å²) in [6.45, 7) is 3.00. The number of hydrogen-bond acceptors (Lipinski definition) is 12. The van der Waals surface area contributed by atoms with Gasteiger partial charge in [0.05, 0.1) is 32.9 Å². The van der Waals surface area contributed by atoms with Crippen molar-refractivity contribution in [2.24, 2.45) is 10.7 Å². The molecule has 0 saturated heterocycles. The van der Waals surface area contributed by atoms with Gasteiger partial charge in [0.15, 0.2) is 23.0 Å². The van der Waals surface area contributed by atoms with Gasteiger partial charge in [0, 0.05) is 24.7 Å². The number of phenolic OH excluding ortho intramolecular Hbond substituents is 1. The van der Waals surface area contributed by atoms with Crippen LogP contribution in [0, 0.1) is 17.0 Å². The van der Waals surface area contributed by atoms with E-state index in [-0.39, 0.29) is 52.3 Å². The average molecular weight is 664 g/mol. The number of methoxy groups -OCH3 is 2. The molecule has 0 fully saturated rings. The summed E-state index contributed by atoms with van der Waals surface area (Å²) in [4.78, 5) is 22.9. The smallest absolute Gasteiger partial charge is 0.338 e. The van der Waals surface area contributed by atoms with Gasteiger partial charge in [-0.05, 0) is 49.4 Å². The Morgan fingerprint density at radius 1 is 0.938 bits per heavy atom. The molecule has 0 aliphatic carbocycles. The molecule has 1 aromatic heterocycles. The Labute approximate surface area is 273 Å². The van der Waals surface area contributed by atoms with Gasteiger partial charge < -0.3 is 44.2 Å². The SMILES string of the molecule is CCOC(=O)c1cc(OC)c(OC)c(Oc2c(F)c(Oc3cccc(C4=NCCN4C)c3)nc(Oc3cc(C(=N)N)ccc3O)c2F)c1. The lowest BCUT2D eigenvalue weighted by Gasteiger charge is -2.18. The van der Waals surface area contributed by atoms with Crippen LogP contribution >= 0.6 is 0 Å². The van der Waals surface area contributed by atoms with Crippen LogP contribution in [-0.2, 0) is 4.74 Å². The number of nitrogens with two attached hydrogens (primary N) is 1. The number of aromatic hydroxyl groups is 1. The first kappa shape index (κ1) is 33.2. The second kappa shape index (κ2) is 14.1. The number of benzene rings is 3. The maximum absolute atomic E-state index is 16.2. The van der Waals surface area contributed by atoms with Gasteiger partial charge in [-0.15, -0.1) is 0 Å². The molecule has 0 spiro atoms. The van der Waals surface area contributed by atoms with Crippen LogP contribution in [0.5, 0.6) is 52.0 Å². The standard InChI is InChI=1S/C33H31F2N5O8/c1-5-45-33(42)19-15-23(43-3)27(44-4)24(16-19)47-28-25(34)31(46-20-8-6-7-18(13-20)30-38-11-12-40(30)2)39-32(26(28)35)48-22-14-17(29(36)37)9-10-21(22)41/h6-10,13-16,41H,5,11-12H2,1-4H3,(H3,36,37). The van der Waals surface area contributed by atoms with Crippen LogP contribution in [0.2, 0.25) is 0 Å². The molecule has 48 heavy (non-hydrogen) atoms. The number of phenols is 1. The third kappa shape index (κ3) is 6.84. The molecule has 1 aliphatic heterocycles. The Bertz CT molecular complexity index is 1920. The maximum atomic E-state index is 16.2. The number of nitrogens with one attached hydrogen (secondary N) is 1. The van der Waals surface area contributed by atoms with Crippen molar-refractivity contribution in [2.45, 2.75) is 6.92 Å². The monoisotopic (exact) mass is 663 g/mol. The highest BCUT2D eigenvalue weighted by Crippen LogP contribution is 2.45. The number of amidine groups is 2. The number of aromatic nitrogens is 1. The quantitative estimate of drug-likeness (QED) is 0.0977. The summed E-state index contributed by atoms with van der Waals surface area (Å²) >= 11 is 0. The third-order valence-corrected chi connectivity index (χ3v) is 6.99. The number of rotatable bonds is 12. The van der Waals surface area contributed by atoms with E-state index < -0.39 is 40.9 Å². The molecular formula is C33H31F2N5O8. The first-order chi connectivity index (χ1) is 23.0. The largest absolute Gasteiger partial charge is 0.504 e. The number of hydrogen-bond donors (Lipinski definition) is 3. The Balaban J connectivity index is 1.64. The van der Waals surface area contributed by atoms with E-state index in [1.165, 1.54) is 44.6 Å². The number of likely N-dealkylation sites (N-methyl/N-ethyl adjacent to an activating group) is 1. The number of ether oxygens (including phenoxy) is 6. The van der Waals surface area contributed by atoms with Crippen molar-refractivity contribution in [3.63, 3.8) is 0 Å². The van der Waals surface area contributed by atoms with Crippen molar-refractivity contribution in [3.8, 4) is 52.0 Å². The summed E-state index contributed by atoms with van der Waals surface area (Å²) in [5, 5.41) is 18.1. The van der Waals surface area contributed by atoms with Crippen LogP contribution in [0.15, 0.2) is 59.6 Å². The number of nitrogens with zero attached hydrogens (tertiary/aromatic N) is 3. The third-order valence-electron chi connectivity index (χ3n) is 6.99. The predicted octanol–water partition coefficient (Wildman–Crippen LogP) is 5.61. The lowest BCUT2D eigenvalue weighted by Crippen LogP contribution is -2.23. The minimum absolute atomic E-state index is 0.00320. The van der Waals surface area contributed by atoms with Crippen LogP contribution in [0.25, 0.3) is 0 Å². The molecule has 1 aliphatic rings. The minimum Gasteiger partial charge on any atom is -0.504 e. The molecule has 13 nitrogen and oxygen atoms in total. The fourth-order valence-electron chi connectivity index (χ4n) is 4.68. The Morgan fingerprint density at radius 2 is 1.65 bits per heavy atom. The predicted molar refractivity (Wildman–Crippen MR) is 169 cm³/mol. The molecule has 250 valence electrons. The molecule has 15 heteroatoms. The van der Waals surface area contributed by atoms with Gasteiger partial charge in [-0.3, -0.25) is 10.4 Å². The van der Waals surface area contributed by atoms with E-state index >= 15 is 8.78 Å². The van der Waals surface area contributed by atoms with Crippen LogP contribution in [0.3, 0.4) is 0 Å². The molecule has 0 unspecified atom stereocenters. The average Bonchev–Trinajstić information content (AvgIpc) is 3.51. The number of nitrogen functional groups attached to an aromatic ring is 1. The van der Waals surface area contributed by atoms with Gasteiger partial charge in [0.2, 0.25) is 23.1 Å². The minimum atomic E-state index is -1.45. The molecule has 0 atom stereocenters. The lowest BCUT2D eigenvalue weighted by molar-refractivity contribution is 0.0525. The molecule has 0 radical (unpaired) electrons. The summed E-state index contributed by atoms with van der Waals surface area (Å²) in [5.41, 5.74) is 6.33. The number of carbonyl (C=O) groups excluding carboxylic acids is 1. The van der Waals surface area contributed by atoms with Crippen molar-refractivity contribution in [1.82, 2.24) is 9.88 Å². The van der Waals surface area contributed by atoms with Gasteiger partial charge in [0.25, 0.3) is 11.8 Å². The van der Waals surface area contributed by atoms with Gasteiger partial charge in [-0.1, -0.05) is 12.1 Å². The second-order valence-corrected chi connectivity index (χ2v) is 10.2. The molecule has 0 saturated carbocycles. The number of carbonyl (C=O) groups is 1. The normalized spacial score (nSPS) is 12.3. The van der Waals surface area contributed by atoms with Crippen molar-refractivity contribution in [1.29, 1.82) is 5.41 Å². The first-order valence-corrected chi connectivity index (χ1v) is 14.4. The second-order valence-electron chi connectivity index (χ2n) is 10.2. The van der Waals surface area contributed by atoms with Crippen molar-refractivity contribution < 1.29 is 47.1 Å². The van der Waals surface area contributed by atoms with Crippen LogP contribution in [0.4, 0.5) is 8.78 Å². The number of esters is 1. The van der Waals surface area contributed by atoms with Crippen LogP contribution < -0.4 is 29.4 Å². The zero-order valence-corrected chi connectivity index (χ0v) is 26.3. The molecule has 4 aromatic rings. The number of pyridine rings is 1. The van der Waals surface area contributed by atoms with E-state index in [9.17, 15) is 9.90 Å². The number of halogens is 2. The fraction of sp³-hybridized carbons (Fsp3) is 0.212. The molecular weight excluding hydrogens is 632 g/mol. The van der Waals surface area contributed by atoms with Gasteiger partial charge in [-0.2, -0.15) is 13.8 Å². The fourth-order valence-corrected chi connectivity index (χ4v) is 4.68. The molecule has 0 amide bonds. The topological polar surface area (TPSA) is 171 Å². The van der Waals surface area contributed by atoms with Crippen LogP contribution in [-0.4, -0.2) is 73.6 Å². The zero-order chi connectivity index (χ0) is 34.5. The Kier molecular flexibility index (Phi) is 9.77. The van der Waals surface area contributed by atoms with Gasteiger partial charge in [-0.25, -0.2) is 4.79 Å². The van der Waals surface area contributed by atoms with Gasteiger partial charge >= 0.3 is 5.97 Å². The summed E-state index contributed by atoms with van der Waals surface area (Å²) in [6.07, 6.45) is 0. The highest BCUT2D eigenvalue weighted by Gasteiger charge is 2.29. The summed E-state index contributed by atoms with van der Waals surface area (Å²) in [5.74, 6) is -7.09. The lowest BCUT2D eigenvalue weighted by atomic mass is 10.2. The zero-order valence-electron chi connectivity index (χ0n) is 26.3. The Morgan fingerprint density at radius 3 is 2.29 bits per heavy atom. The highest BCUT2D eigenvalue weighted by atomic mass is 19.1. The Hall–Kier alpha value is -6.12. The van der Waals surface area contributed by atoms with E-state index in [4.69, 9.17) is 39.6 Å². The first-order valence-electron chi connectivity index (χ1n) is 14.4. The molecule has 0 bridgehead atoms. The molecule has 2 heterocycles. The summed E-state index contributed by atoms with van der Waals surface area (Å²) < 4.78 is 65.3. The van der Waals surface area contributed by atoms with Crippen LogP contribution in [0.1, 0.15) is 28.4 Å². The molecule has 3 aromatic carbocycles. The summed E-state index contributed by atoms with van der Waals surface area (Å²) in [7, 11) is 4.44. The van der Waals surface area contributed by atoms with Crippen molar-refractivity contribution >= 4 is 17.6 Å². The van der Waals surface area contributed by atoms with E-state index in [0.29, 0.717) is 17.9 Å². The summed E-state index contributed by atoms with van der Waals surface area (Å²) in [6, 6.07) is 12.8. The van der Waals surface area contributed by atoms with Crippen molar-refractivity contribution in [3.05, 3.63) is 82.9 Å². The molecule has 5 rings (SSSR count). The van der Waals surface area contributed by atoms with E-state index in [0.717, 1.165) is 12.6 Å². The molecule has 4 N–H and O–H groups in total. The number of aliphatic imine (C=N–C) groups is 1. The van der Waals surface area contributed by atoms with E-state index in [1.807, 2.05) is 11.9 Å². The van der Waals surface area contributed by atoms with E-state index in [1.54, 1.807) is 25.1 Å². The maximum Gasteiger partial charge on any atom is 0.338 e. The van der Waals surface area contributed by atoms with Crippen molar-refractivity contribution in [2.75, 3.05) is 41.0 Å². The highest BCUT2D eigenvalue weighted by molar-refractivity contribution is 6.00. The van der Waals surface area contributed by atoms with E-state index in [2.05, 4.69) is 9.98 Å².